The smallest absolute Gasteiger partial charge is 0.189 e. The highest BCUT2D eigenvalue weighted by Crippen LogP contribution is 2.11. The van der Waals surface area contributed by atoms with Gasteiger partial charge >= 0.3 is 0 Å². The van der Waals surface area contributed by atoms with E-state index in [2.05, 4.69) is 20.3 Å². The number of nitriles is 2. The van der Waals surface area contributed by atoms with Crippen molar-refractivity contribution >= 4 is 17.6 Å². The Morgan fingerprint density at radius 1 is 1.58 bits per heavy atom. The van der Waals surface area contributed by atoms with Gasteiger partial charge in [0, 0.05) is 30.8 Å². The van der Waals surface area contributed by atoms with Crippen LogP contribution in [0.15, 0.2) is 11.3 Å². The molecule has 0 atom stereocenters. The number of aryl methyl sites for hydroxylation is 1. The van der Waals surface area contributed by atoms with Gasteiger partial charge in [0.1, 0.15) is 5.84 Å². The molecule has 100 valence electrons. The van der Waals surface area contributed by atoms with E-state index in [1.165, 1.54) is 0 Å². The van der Waals surface area contributed by atoms with Gasteiger partial charge in [0.25, 0.3) is 0 Å². The summed E-state index contributed by atoms with van der Waals surface area (Å²) in [6.45, 7) is 2.66. The van der Waals surface area contributed by atoms with Crippen LogP contribution in [-0.4, -0.2) is 35.1 Å². The van der Waals surface area contributed by atoms with Crippen molar-refractivity contribution in [1.82, 2.24) is 15.3 Å². The van der Waals surface area contributed by atoms with E-state index in [0.29, 0.717) is 12.4 Å². The zero-order valence-electron chi connectivity index (χ0n) is 11.0. The first-order valence-corrected chi connectivity index (χ1v) is 6.94. The molecule has 0 aliphatic carbocycles. The quantitative estimate of drug-likeness (QED) is 0.462. The topological polar surface area (TPSA) is 101 Å². The maximum Gasteiger partial charge on any atom is 0.189 e. The van der Waals surface area contributed by atoms with Crippen molar-refractivity contribution < 1.29 is 0 Å². The number of H-pyrrole nitrogens is 1. The van der Waals surface area contributed by atoms with Gasteiger partial charge in [-0.3, -0.25) is 4.99 Å². The maximum atomic E-state index is 8.78. The number of hydrogen-bond acceptors (Lipinski definition) is 5. The third kappa shape index (κ3) is 4.65. The number of imidazole rings is 1. The molecule has 19 heavy (non-hydrogen) atoms. The minimum Gasteiger partial charge on any atom is -0.371 e. The molecule has 6 nitrogen and oxygen atoms in total. The summed E-state index contributed by atoms with van der Waals surface area (Å²) in [5.41, 5.74) is 2.15. The molecule has 0 saturated carbocycles. The summed E-state index contributed by atoms with van der Waals surface area (Å²) >= 11 is 1.74. The van der Waals surface area contributed by atoms with Gasteiger partial charge in [0.15, 0.2) is 5.92 Å². The van der Waals surface area contributed by atoms with Crippen molar-refractivity contribution in [1.29, 1.82) is 10.5 Å². The summed E-state index contributed by atoms with van der Waals surface area (Å²) in [4.78, 5) is 11.2. The van der Waals surface area contributed by atoms with Crippen LogP contribution in [0, 0.1) is 35.5 Å². The number of aromatic amines is 1. The number of thioether (sulfide) groups is 1. The first kappa shape index (κ1) is 15.1. The Labute approximate surface area is 116 Å². The molecule has 0 unspecified atom stereocenters. The van der Waals surface area contributed by atoms with Crippen molar-refractivity contribution in [3.05, 3.63) is 17.7 Å². The molecule has 1 aromatic heterocycles. The maximum absolute atomic E-state index is 8.78. The third-order valence-corrected chi connectivity index (χ3v) is 3.47. The van der Waals surface area contributed by atoms with Gasteiger partial charge < -0.3 is 10.3 Å². The van der Waals surface area contributed by atoms with E-state index in [1.54, 1.807) is 25.1 Å². The Hall–Kier alpha value is -1.99. The number of aliphatic imine (C=N–C) groups is 1. The van der Waals surface area contributed by atoms with Crippen molar-refractivity contribution in [2.75, 3.05) is 19.3 Å². The van der Waals surface area contributed by atoms with Crippen molar-refractivity contribution in [2.45, 2.75) is 12.7 Å². The van der Waals surface area contributed by atoms with Crippen molar-refractivity contribution in [3.8, 4) is 12.1 Å². The number of hydrogen-bond donors (Lipinski definition) is 2. The predicted molar refractivity (Wildman–Crippen MR) is 75.6 cm³/mol. The second-order valence-corrected chi connectivity index (χ2v) is 4.86. The van der Waals surface area contributed by atoms with Crippen LogP contribution in [0.25, 0.3) is 0 Å². The van der Waals surface area contributed by atoms with Crippen LogP contribution in [0.5, 0.6) is 0 Å². The lowest BCUT2D eigenvalue weighted by molar-refractivity contribution is 0.915. The third-order valence-electron chi connectivity index (χ3n) is 2.50. The zero-order chi connectivity index (χ0) is 14.1. The van der Waals surface area contributed by atoms with E-state index in [9.17, 15) is 0 Å². The van der Waals surface area contributed by atoms with Gasteiger partial charge in [-0.15, -0.1) is 0 Å². The Morgan fingerprint density at radius 3 is 2.84 bits per heavy atom. The SMILES string of the molecule is CN=C(NCCSCc1nc[nH]c1C)C(C#N)C#N. The molecule has 0 aliphatic rings. The lowest BCUT2D eigenvalue weighted by atomic mass is 10.2. The molecule has 0 aliphatic heterocycles. The summed E-state index contributed by atoms with van der Waals surface area (Å²) in [6.07, 6.45) is 1.69. The summed E-state index contributed by atoms with van der Waals surface area (Å²) < 4.78 is 0. The van der Waals surface area contributed by atoms with Crippen molar-refractivity contribution in [3.63, 3.8) is 0 Å². The highest BCUT2D eigenvalue weighted by atomic mass is 32.2. The molecule has 0 amide bonds. The molecule has 0 radical (unpaired) electrons. The minimum atomic E-state index is -0.816. The number of rotatable bonds is 6. The van der Waals surface area contributed by atoms with E-state index in [4.69, 9.17) is 10.5 Å². The molecule has 0 aromatic carbocycles. The second-order valence-electron chi connectivity index (χ2n) is 3.75. The Kier molecular flexibility index (Phi) is 6.48. The van der Waals surface area contributed by atoms with Gasteiger partial charge in [-0.2, -0.15) is 22.3 Å². The number of aromatic nitrogens is 2. The van der Waals surface area contributed by atoms with Crippen LogP contribution < -0.4 is 5.32 Å². The summed E-state index contributed by atoms with van der Waals surface area (Å²) in [7, 11) is 1.57. The molecule has 0 saturated heterocycles. The first-order chi connectivity index (χ1) is 9.22. The van der Waals surface area contributed by atoms with E-state index >= 15 is 0 Å². The van der Waals surface area contributed by atoms with Crippen LogP contribution in [0.3, 0.4) is 0 Å². The van der Waals surface area contributed by atoms with E-state index in [-0.39, 0.29) is 0 Å². The average molecular weight is 276 g/mol. The predicted octanol–water partition coefficient (Wildman–Crippen LogP) is 1.23. The average Bonchev–Trinajstić information content (AvgIpc) is 2.83. The van der Waals surface area contributed by atoms with Crippen LogP contribution in [0.2, 0.25) is 0 Å². The van der Waals surface area contributed by atoms with Gasteiger partial charge in [-0.1, -0.05) is 0 Å². The minimum absolute atomic E-state index is 0.432. The molecule has 0 fully saturated rings. The fourth-order valence-electron chi connectivity index (χ4n) is 1.41. The summed E-state index contributed by atoms with van der Waals surface area (Å²) in [6, 6.07) is 3.80. The highest BCUT2D eigenvalue weighted by Gasteiger charge is 2.12. The van der Waals surface area contributed by atoms with Crippen molar-refractivity contribution in [2.24, 2.45) is 10.9 Å². The summed E-state index contributed by atoms with van der Waals surface area (Å²) in [5.74, 6) is 1.31. The monoisotopic (exact) mass is 276 g/mol. The molecule has 1 rings (SSSR count). The van der Waals surface area contributed by atoms with Crippen LogP contribution in [0.1, 0.15) is 11.4 Å². The Morgan fingerprint density at radius 2 is 2.32 bits per heavy atom. The van der Waals surface area contributed by atoms with Gasteiger partial charge in [0.05, 0.1) is 24.2 Å². The molecule has 1 aromatic rings. The normalized spacial score (nSPS) is 11.1. The van der Waals surface area contributed by atoms with Gasteiger partial charge in [-0.05, 0) is 6.92 Å². The van der Waals surface area contributed by atoms with Crippen LogP contribution >= 0.6 is 11.8 Å². The van der Waals surface area contributed by atoms with E-state index in [0.717, 1.165) is 22.9 Å². The standard InChI is InChI=1S/C12H16N6S/c1-9-11(18-8-17-9)7-19-4-3-16-12(15-2)10(5-13)6-14/h8,10H,3-4,7H2,1-2H3,(H,15,16)(H,17,18). The molecule has 2 N–H and O–H groups in total. The second kappa shape index (κ2) is 8.17. The molecule has 1 heterocycles. The van der Waals surface area contributed by atoms with Crippen LogP contribution in [-0.2, 0) is 5.75 Å². The largest absolute Gasteiger partial charge is 0.371 e. The first-order valence-electron chi connectivity index (χ1n) is 5.79. The van der Waals surface area contributed by atoms with E-state index < -0.39 is 5.92 Å². The Balaban J connectivity index is 2.26. The van der Waals surface area contributed by atoms with E-state index in [1.807, 2.05) is 19.1 Å². The fourth-order valence-corrected chi connectivity index (χ4v) is 2.29. The molecule has 7 heteroatoms. The highest BCUT2D eigenvalue weighted by molar-refractivity contribution is 7.98. The Bertz CT molecular complexity index is 493. The molecule has 0 bridgehead atoms. The van der Waals surface area contributed by atoms with Crippen LogP contribution in [0.4, 0.5) is 0 Å². The number of amidine groups is 1. The lowest BCUT2D eigenvalue weighted by Crippen LogP contribution is -2.31. The fraction of sp³-hybridized carbons (Fsp3) is 0.500. The number of nitrogens with zero attached hydrogens (tertiary/aromatic N) is 4. The number of nitrogens with one attached hydrogen (secondary N) is 2. The zero-order valence-corrected chi connectivity index (χ0v) is 11.8. The molecular formula is C12H16N6S. The van der Waals surface area contributed by atoms with Gasteiger partial charge in [0.2, 0.25) is 0 Å². The lowest BCUT2D eigenvalue weighted by Gasteiger charge is -2.08. The van der Waals surface area contributed by atoms with Gasteiger partial charge in [-0.25, -0.2) is 4.98 Å². The molecule has 0 spiro atoms. The summed E-state index contributed by atoms with van der Waals surface area (Å²) in [5, 5.41) is 20.6. The molecular weight excluding hydrogens is 260 g/mol.